The predicted octanol–water partition coefficient (Wildman–Crippen LogP) is 4.64. The molecule has 0 aliphatic carbocycles. The second-order valence-corrected chi connectivity index (χ2v) is 5.71. The van der Waals surface area contributed by atoms with E-state index in [4.69, 9.17) is 0 Å². The number of alkyl halides is 3. The molecule has 8 nitrogen and oxygen atoms in total. The van der Waals surface area contributed by atoms with E-state index in [2.05, 4.69) is 25.3 Å². The van der Waals surface area contributed by atoms with Crippen LogP contribution in [0.4, 0.5) is 36.2 Å². The lowest BCUT2D eigenvalue weighted by Crippen LogP contribution is -2.17. The molecule has 1 aromatic heterocycles. The van der Waals surface area contributed by atoms with Crippen molar-refractivity contribution in [1.29, 1.82) is 0 Å². The Morgan fingerprint density at radius 3 is 2.28 bits per heavy atom. The number of hydrogen-bond acceptors (Lipinski definition) is 7. The number of ether oxygens (including phenoxy) is 1. The standard InChI is InChI=1S/C18H14F3N5O3/c19-18(20,21)29-14-8-6-13(7-9-14)25-17-15(26(27)28)16(23-11-24-17)22-10-12-4-2-1-3-5-12/h1-9,11H,10H2,(H2,22,23,24,25). The first-order valence-corrected chi connectivity index (χ1v) is 8.22. The minimum atomic E-state index is -4.81. The summed E-state index contributed by atoms with van der Waals surface area (Å²) in [5.74, 6) is -0.510. The van der Waals surface area contributed by atoms with Gasteiger partial charge in [-0.3, -0.25) is 10.1 Å². The van der Waals surface area contributed by atoms with Crippen LogP contribution in [0.5, 0.6) is 5.75 Å². The van der Waals surface area contributed by atoms with E-state index in [1.165, 1.54) is 12.1 Å². The third kappa shape index (κ3) is 5.54. The molecule has 0 spiro atoms. The maximum atomic E-state index is 12.2. The summed E-state index contributed by atoms with van der Waals surface area (Å²) in [6.07, 6.45) is -3.66. The molecule has 11 heteroatoms. The van der Waals surface area contributed by atoms with Crippen LogP contribution in [0.1, 0.15) is 5.56 Å². The fourth-order valence-corrected chi connectivity index (χ4v) is 2.43. The minimum absolute atomic E-state index is 0.00776. The van der Waals surface area contributed by atoms with Crippen molar-refractivity contribution >= 4 is 23.0 Å². The van der Waals surface area contributed by atoms with Crippen molar-refractivity contribution in [1.82, 2.24) is 9.97 Å². The summed E-state index contributed by atoms with van der Waals surface area (Å²) in [6, 6.07) is 14.0. The Balaban J connectivity index is 1.79. The predicted molar refractivity (Wildman–Crippen MR) is 98.9 cm³/mol. The molecule has 0 saturated heterocycles. The summed E-state index contributed by atoms with van der Waals surface area (Å²) in [5, 5.41) is 17.2. The highest BCUT2D eigenvalue weighted by atomic mass is 19.4. The van der Waals surface area contributed by atoms with Gasteiger partial charge in [0.05, 0.1) is 4.92 Å². The van der Waals surface area contributed by atoms with Gasteiger partial charge in [0.1, 0.15) is 12.1 Å². The Morgan fingerprint density at radius 1 is 1.00 bits per heavy atom. The highest BCUT2D eigenvalue weighted by Gasteiger charge is 2.31. The van der Waals surface area contributed by atoms with E-state index in [1.807, 2.05) is 30.3 Å². The molecular weight excluding hydrogens is 391 g/mol. The fraction of sp³-hybridized carbons (Fsp3) is 0.111. The van der Waals surface area contributed by atoms with E-state index < -0.39 is 17.0 Å². The summed E-state index contributed by atoms with van der Waals surface area (Å²) >= 11 is 0. The molecule has 0 aliphatic heterocycles. The molecule has 2 aromatic carbocycles. The van der Waals surface area contributed by atoms with Crippen molar-refractivity contribution in [2.45, 2.75) is 12.9 Å². The molecular formula is C18H14F3N5O3. The molecule has 3 rings (SSSR count). The van der Waals surface area contributed by atoms with Crippen molar-refractivity contribution in [3.63, 3.8) is 0 Å². The van der Waals surface area contributed by atoms with Gasteiger partial charge in [-0.25, -0.2) is 9.97 Å². The van der Waals surface area contributed by atoms with E-state index in [0.717, 1.165) is 24.0 Å². The number of halogens is 3. The molecule has 0 bridgehead atoms. The molecule has 2 N–H and O–H groups in total. The van der Waals surface area contributed by atoms with Crippen LogP contribution in [0.25, 0.3) is 0 Å². The van der Waals surface area contributed by atoms with Crippen LogP contribution in [-0.4, -0.2) is 21.3 Å². The molecule has 1 heterocycles. The van der Waals surface area contributed by atoms with Gasteiger partial charge >= 0.3 is 12.0 Å². The van der Waals surface area contributed by atoms with Gasteiger partial charge in [0, 0.05) is 12.2 Å². The maximum Gasteiger partial charge on any atom is 0.573 e. The smallest absolute Gasteiger partial charge is 0.406 e. The number of benzene rings is 2. The van der Waals surface area contributed by atoms with Crippen molar-refractivity contribution in [2.24, 2.45) is 0 Å². The second-order valence-electron chi connectivity index (χ2n) is 5.71. The van der Waals surface area contributed by atoms with E-state index in [1.54, 1.807) is 0 Å². The third-order valence-corrected chi connectivity index (χ3v) is 3.66. The zero-order valence-electron chi connectivity index (χ0n) is 14.7. The molecule has 0 aliphatic rings. The van der Waals surface area contributed by atoms with E-state index in [9.17, 15) is 23.3 Å². The number of anilines is 3. The van der Waals surface area contributed by atoms with Crippen molar-refractivity contribution in [2.75, 3.05) is 10.6 Å². The van der Waals surface area contributed by atoms with Crippen LogP contribution < -0.4 is 15.4 Å². The average Bonchev–Trinajstić information content (AvgIpc) is 2.67. The second kappa shape index (κ2) is 8.42. The Bertz CT molecular complexity index is 982. The number of hydrogen-bond donors (Lipinski definition) is 2. The lowest BCUT2D eigenvalue weighted by molar-refractivity contribution is -0.383. The Hall–Kier alpha value is -3.89. The zero-order valence-corrected chi connectivity index (χ0v) is 14.7. The highest BCUT2D eigenvalue weighted by Crippen LogP contribution is 2.32. The van der Waals surface area contributed by atoms with E-state index in [0.29, 0.717) is 6.54 Å². The number of aromatic nitrogens is 2. The minimum Gasteiger partial charge on any atom is -0.406 e. The third-order valence-electron chi connectivity index (χ3n) is 3.66. The van der Waals surface area contributed by atoms with Gasteiger partial charge in [-0.1, -0.05) is 30.3 Å². The highest BCUT2D eigenvalue weighted by molar-refractivity contribution is 5.73. The number of nitrogens with one attached hydrogen (secondary N) is 2. The van der Waals surface area contributed by atoms with Gasteiger partial charge in [0.25, 0.3) is 0 Å². The SMILES string of the molecule is O=[N+]([O-])c1c(NCc2ccccc2)ncnc1Nc1ccc(OC(F)(F)F)cc1. The fourth-order valence-electron chi connectivity index (χ4n) is 2.43. The van der Waals surface area contributed by atoms with Crippen LogP contribution in [0, 0.1) is 10.1 Å². The van der Waals surface area contributed by atoms with E-state index >= 15 is 0 Å². The Kier molecular flexibility index (Phi) is 5.77. The zero-order chi connectivity index (χ0) is 20.9. The van der Waals surface area contributed by atoms with Crippen LogP contribution in [0.2, 0.25) is 0 Å². The molecule has 0 radical (unpaired) electrons. The van der Waals surface area contributed by atoms with E-state index in [-0.39, 0.29) is 23.0 Å². The van der Waals surface area contributed by atoms with Crippen LogP contribution in [-0.2, 0) is 6.54 Å². The summed E-state index contributed by atoms with van der Waals surface area (Å²) in [7, 11) is 0. The lowest BCUT2D eigenvalue weighted by atomic mass is 10.2. The Labute approximate surface area is 162 Å². The summed E-state index contributed by atoms with van der Waals surface area (Å²) in [4.78, 5) is 18.7. The van der Waals surface area contributed by atoms with Gasteiger partial charge in [0.2, 0.25) is 11.6 Å². The molecule has 0 atom stereocenters. The van der Waals surface area contributed by atoms with Gasteiger partial charge in [0.15, 0.2) is 0 Å². The maximum absolute atomic E-state index is 12.2. The molecule has 150 valence electrons. The molecule has 0 saturated carbocycles. The summed E-state index contributed by atoms with van der Waals surface area (Å²) < 4.78 is 40.5. The molecule has 0 amide bonds. The van der Waals surface area contributed by atoms with Crippen molar-refractivity contribution in [3.8, 4) is 5.75 Å². The number of nitro groups is 1. The monoisotopic (exact) mass is 405 g/mol. The summed E-state index contributed by atoms with van der Waals surface area (Å²) in [5.41, 5.74) is 0.796. The van der Waals surface area contributed by atoms with Crippen molar-refractivity contribution in [3.05, 3.63) is 76.6 Å². The van der Waals surface area contributed by atoms with Gasteiger partial charge in [-0.05, 0) is 29.8 Å². The summed E-state index contributed by atoms with van der Waals surface area (Å²) in [6.45, 7) is 0.307. The molecule has 0 fully saturated rings. The van der Waals surface area contributed by atoms with Crippen LogP contribution in [0.15, 0.2) is 60.9 Å². The van der Waals surface area contributed by atoms with Gasteiger partial charge < -0.3 is 15.4 Å². The van der Waals surface area contributed by atoms with Crippen molar-refractivity contribution < 1.29 is 22.8 Å². The lowest BCUT2D eigenvalue weighted by Gasteiger charge is -2.11. The Morgan fingerprint density at radius 2 is 1.66 bits per heavy atom. The largest absolute Gasteiger partial charge is 0.573 e. The normalized spacial score (nSPS) is 11.0. The molecule has 29 heavy (non-hydrogen) atoms. The first kappa shape index (κ1) is 19.9. The number of nitrogens with zero attached hydrogens (tertiary/aromatic N) is 3. The first-order valence-electron chi connectivity index (χ1n) is 8.22. The molecule has 0 unspecified atom stereocenters. The van der Waals surface area contributed by atoms with Crippen LogP contribution >= 0.6 is 0 Å². The first-order chi connectivity index (χ1) is 13.8. The van der Waals surface area contributed by atoms with Gasteiger partial charge in [-0.15, -0.1) is 13.2 Å². The molecule has 3 aromatic rings. The number of rotatable bonds is 7. The van der Waals surface area contributed by atoms with Gasteiger partial charge in [-0.2, -0.15) is 0 Å². The van der Waals surface area contributed by atoms with Crippen LogP contribution in [0.3, 0.4) is 0 Å². The quantitative estimate of drug-likeness (QED) is 0.436. The average molecular weight is 405 g/mol. The topological polar surface area (TPSA) is 102 Å².